The van der Waals surface area contributed by atoms with Crippen molar-refractivity contribution in [1.29, 1.82) is 0 Å². The monoisotopic (exact) mass is 556 g/mol. The Hall–Kier alpha value is -4.01. The SMILES string of the molecule is Cc1ccc(S(=O)(=O)N(CCc2ccccc2)CC(=O)N/N=C/c2cc(C)n(-c3c(C)cccc3C)c2C)cc1. The summed E-state index contributed by atoms with van der Waals surface area (Å²) in [5.41, 5.74) is 10.9. The molecule has 7 nitrogen and oxygen atoms in total. The van der Waals surface area contributed by atoms with Gasteiger partial charge in [-0.15, -0.1) is 0 Å². The largest absolute Gasteiger partial charge is 0.317 e. The second kappa shape index (κ2) is 12.4. The molecule has 0 saturated heterocycles. The van der Waals surface area contributed by atoms with E-state index in [1.54, 1.807) is 30.5 Å². The van der Waals surface area contributed by atoms with E-state index in [-0.39, 0.29) is 18.0 Å². The van der Waals surface area contributed by atoms with E-state index in [4.69, 9.17) is 0 Å². The molecule has 4 rings (SSSR count). The van der Waals surface area contributed by atoms with E-state index < -0.39 is 15.9 Å². The van der Waals surface area contributed by atoms with Gasteiger partial charge in [0, 0.05) is 23.5 Å². The van der Waals surface area contributed by atoms with Crippen molar-refractivity contribution in [3.8, 4) is 5.69 Å². The third kappa shape index (κ3) is 6.58. The van der Waals surface area contributed by atoms with E-state index >= 15 is 0 Å². The molecular weight excluding hydrogens is 520 g/mol. The number of para-hydroxylation sites is 1. The van der Waals surface area contributed by atoms with Crippen molar-refractivity contribution < 1.29 is 13.2 Å². The molecule has 0 radical (unpaired) electrons. The number of carbonyl (C=O) groups excluding carboxylic acids is 1. The minimum absolute atomic E-state index is 0.154. The number of hydrogen-bond acceptors (Lipinski definition) is 4. The molecule has 0 saturated carbocycles. The fourth-order valence-electron chi connectivity index (χ4n) is 4.83. The number of aromatic nitrogens is 1. The highest BCUT2D eigenvalue weighted by Gasteiger charge is 2.26. The molecule has 4 aromatic rings. The van der Waals surface area contributed by atoms with E-state index in [0.29, 0.717) is 6.42 Å². The summed E-state index contributed by atoms with van der Waals surface area (Å²) < 4.78 is 30.3. The van der Waals surface area contributed by atoms with Crippen LogP contribution in [0.4, 0.5) is 0 Å². The van der Waals surface area contributed by atoms with Gasteiger partial charge in [0.15, 0.2) is 0 Å². The van der Waals surface area contributed by atoms with Crippen LogP contribution in [0.15, 0.2) is 88.9 Å². The van der Waals surface area contributed by atoms with Crippen LogP contribution in [0.3, 0.4) is 0 Å². The smallest absolute Gasteiger partial charge is 0.255 e. The van der Waals surface area contributed by atoms with Crippen molar-refractivity contribution >= 4 is 22.1 Å². The maximum atomic E-state index is 13.5. The fourth-order valence-corrected chi connectivity index (χ4v) is 6.23. The van der Waals surface area contributed by atoms with E-state index in [1.165, 1.54) is 15.4 Å². The highest BCUT2D eigenvalue weighted by Crippen LogP contribution is 2.25. The van der Waals surface area contributed by atoms with Crippen LogP contribution in [0.5, 0.6) is 0 Å². The average Bonchev–Trinajstić information content (AvgIpc) is 3.19. The lowest BCUT2D eigenvalue weighted by molar-refractivity contribution is -0.121. The van der Waals surface area contributed by atoms with Gasteiger partial charge in [-0.25, -0.2) is 13.8 Å². The lowest BCUT2D eigenvalue weighted by Crippen LogP contribution is -2.40. The van der Waals surface area contributed by atoms with Gasteiger partial charge < -0.3 is 4.57 Å². The van der Waals surface area contributed by atoms with Gasteiger partial charge in [-0.05, 0) is 75.9 Å². The normalized spacial score (nSPS) is 11.8. The standard InChI is InChI=1S/C32H36N4O3S/c1-23-14-16-30(17-15-23)40(38,39)35(19-18-28-12-7-6-8-13-28)22-31(37)34-33-21-29-20-26(4)36(27(29)5)32-24(2)10-9-11-25(32)3/h6-17,20-21H,18-19,22H2,1-5H3,(H,34,37)/b33-21+. The molecule has 0 aliphatic heterocycles. The first-order valence-corrected chi connectivity index (χ1v) is 14.7. The van der Waals surface area contributed by atoms with Gasteiger partial charge in [0.2, 0.25) is 10.0 Å². The Balaban J connectivity index is 1.51. The van der Waals surface area contributed by atoms with Crippen LogP contribution < -0.4 is 5.43 Å². The molecular formula is C32H36N4O3S. The zero-order chi connectivity index (χ0) is 28.9. The molecule has 0 atom stereocenters. The predicted octanol–water partition coefficient (Wildman–Crippen LogP) is 5.40. The summed E-state index contributed by atoms with van der Waals surface area (Å²) in [6.07, 6.45) is 2.08. The van der Waals surface area contributed by atoms with Crippen LogP contribution in [-0.2, 0) is 21.2 Å². The molecule has 1 aromatic heterocycles. The van der Waals surface area contributed by atoms with Crippen LogP contribution in [0.2, 0.25) is 0 Å². The third-order valence-electron chi connectivity index (χ3n) is 7.00. The average molecular weight is 557 g/mol. The summed E-state index contributed by atoms with van der Waals surface area (Å²) >= 11 is 0. The quantitative estimate of drug-likeness (QED) is 0.210. The van der Waals surface area contributed by atoms with Gasteiger partial charge in [-0.2, -0.15) is 9.41 Å². The molecule has 208 valence electrons. The number of rotatable bonds is 10. The van der Waals surface area contributed by atoms with Crippen LogP contribution >= 0.6 is 0 Å². The minimum atomic E-state index is -3.89. The first kappa shape index (κ1) is 29.0. The van der Waals surface area contributed by atoms with Crippen LogP contribution in [-0.4, -0.2) is 42.5 Å². The fraction of sp³-hybridized carbons (Fsp3) is 0.250. The van der Waals surface area contributed by atoms with Crippen molar-refractivity contribution in [1.82, 2.24) is 14.3 Å². The number of nitrogens with one attached hydrogen (secondary N) is 1. The van der Waals surface area contributed by atoms with Crippen LogP contribution in [0.25, 0.3) is 5.69 Å². The number of hydrogen-bond donors (Lipinski definition) is 1. The lowest BCUT2D eigenvalue weighted by Gasteiger charge is -2.21. The predicted molar refractivity (Wildman–Crippen MR) is 161 cm³/mol. The number of aryl methyl sites for hydroxylation is 4. The van der Waals surface area contributed by atoms with Crippen LogP contribution in [0.1, 0.15) is 39.2 Å². The summed E-state index contributed by atoms with van der Waals surface area (Å²) in [6.45, 7) is 9.94. The number of carbonyl (C=O) groups is 1. The zero-order valence-electron chi connectivity index (χ0n) is 23.7. The van der Waals surface area contributed by atoms with Gasteiger partial charge in [0.05, 0.1) is 23.3 Å². The van der Waals surface area contributed by atoms with Gasteiger partial charge >= 0.3 is 0 Å². The summed E-state index contributed by atoms with van der Waals surface area (Å²) in [6, 6.07) is 24.5. The number of nitrogens with zero attached hydrogens (tertiary/aromatic N) is 3. The Morgan fingerprint density at radius 2 is 1.55 bits per heavy atom. The van der Waals surface area contributed by atoms with Crippen molar-refractivity contribution in [2.75, 3.05) is 13.1 Å². The number of benzene rings is 3. The van der Waals surface area contributed by atoms with Crippen molar-refractivity contribution in [2.24, 2.45) is 5.10 Å². The first-order valence-electron chi connectivity index (χ1n) is 13.3. The molecule has 0 fully saturated rings. The Kier molecular flexibility index (Phi) is 9.02. The van der Waals surface area contributed by atoms with Gasteiger partial charge in [-0.1, -0.05) is 66.2 Å². The summed E-state index contributed by atoms with van der Waals surface area (Å²) in [5.74, 6) is -0.511. The molecule has 3 aromatic carbocycles. The highest BCUT2D eigenvalue weighted by molar-refractivity contribution is 7.89. The Labute approximate surface area is 237 Å². The molecule has 8 heteroatoms. The number of amides is 1. The maximum absolute atomic E-state index is 13.5. The number of hydrazone groups is 1. The van der Waals surface area contributed by atoms with Gasteiger partial charge in [0.25, 0.3) is 5.91 Å². The second-order valence-electron chi connectivity index (χ2n) is 10.1. The Morgan fingerprint density at radius 3 is 2.20 bits per heavy atom. The molecule has 1 amide bonds. The molecule has 1 N–H and O–H groups in total. The topological polar surface area (TPSA) is 83.8 Å². The summed E-state index contributed by atoms with van der Waals surface area (Å²) in [4.78, 5) is 13.1. The first-order chi connectivity index (χ1) is 19.1. The van der Waals surface area contributed by atoms with Gasteiger partial charge in [0.1, 0.15) is 0 Å². The minimum Gasteiger partial charge on any atom is -0.317 e. The zero-order valence-corrected chi connectivity index (χ0v) is 24.5. The molecule has 0 bridgehead atoms. The molecule has 0 aliphatic rings. The molecule has 0 unspecified atom stereocenters. The highest BCUT2D eigenvalue weighted by atomic mass is 32.2. The van der Waals surface area contributed by atoms with Crippen molar-refractivity contribution in [3.05, 3.63) is 118 Å². The van der Waals surface area contributed by atoms with E-state index in [2.05, 4.69) is 41.1 Å². The van der Waals surface area contributed by atoms with E-state index in [1.807, 2.05) is 63.2 Å². The molecule has 1 heterocycles. The Bertz CT molecular complexity index is 1600. The summed E-state index contributed by atoms with van der Waals surface area (Å²) in [7, 11) is -3.89. The lowest BCUT2D eigenvalue weighted by atomic mass is 10.1. The maximum Gasteiger partial charge on any atom is 0.255 e. The third-order valence-corrected chi connectivity index (χ3v) is 8.86. The number of sulfonamides is 1. The summed E-state index contributed by atoms with van der Waals surface area (Å²) in [5, 5.41) is 4.17. The molecule has 0 aliphatic carbocycles. The molecule has 40 heavy (non-hydrogen) atoms. The van der Waals surface area contributed by atoms with E-state index in [9.17, 15) is 13.2 Å². The van der Waals surface area contributed by atoms with E-state index in [0.717, 1.165) is 33.8 Å². The second-order valence-corrected chi connectivity index (χ2v) is 12.0. The van der Waals surface area contributed by atoms with Crippen LogP contribution in [0, 0.1) is 34.6 Å². The Morgan fingerprint density at radius 1 is 0.900 bits per heavy atom. The molecule has 0 spiro atoms. The van der Waals surface area contributed by atoms with Gasteiger partial charge in [-0.3, -0.25) is 4.79 Å². The van der Waals surface area contributed by atoms with Crippen molar-refractivity contribution in [2.45, 2.75) is 45.9 Å². The van der Waals surface area contributed by atoms with Crippen molar-refractivity contribution in [3.63, 3.8) is 0 Å².